The number of thiazole rings is 1. The molecular weight excluding hydrogens is 409 g/mol. The molecule has 1 aliphatic heterocycles. The van der Waals surface area contributed by atoms with E-state index in [1.54, 1.807) is 12.1 Å². The van der Waals surface area contributed by atoms with Crippen LogP contribution in [-0.4, -0.2) is 45.9 Å². The Labute approximate surface area is 178 Å². The average molecular weight is 436 g/mol. The van der Waals surface area contributed by atoms with Crippen LogP contribution in [0.1, 0.15) is 20.3 Å². The second-order valence-electron chi connectivity index (χ2n) is 7.64. The maximum absolute atomic E-state index is 13.5. The highest BCUT2D eigenvalue weighted by molar-refractivity contribution is 8.00. The third-order valence-electron chi connectivity index (χ3n) is 4.85. The Morgan fingerprint density at radius 2 is 2.03 bits per heavy atom. The number of allylic oxidation sites excluding steroid dienone is 1. The summed E-state index contributed by atoms with van der Waals surface area (Å²) in [6, 6.07) is 4.52. The van der Waals surface area contributed by atoms with Crippen LogP contribution in [0.3, 0.4) is 0 Å². The standard InChI is InChI=1S/C21H26FN3O2S2/c1-4-7-25-17-6-5-16(22)9-18(17)29-21(25)23-19(26)12-28-13-20(27)24-10-14(2)8-15(3)11-24/h4-6,9,14-15H,1,7-8,10-13H2,2-3H3. The molecule has 5 nitrogen and oxygen atoms in total. The van der Waals surface area contributed by atoms with Crippen LogP contribution in [0.25, 0.3) is 10.2 Å². The van der Waals surface area contributed by atoms with Gasteiger partial charge in [0, 0.05) is 19.6 Å². The summed E-state index contributed by atoms with van der Waals surface area (Å²) in [6.07, 6.45) is 2.87. The van der Waals surface area contributed by atoms with Gasteiger partial charge in [0.25, 0.3) is 5.91 Å². The van der Waals surface area contributed by atoms with E-state index in [-0.39, 0.29) is 29.1 Å². The molecule has 0 N–H and O–H groups in total. The molecule has 1 aromatic heterocycles. The number of thioether (sulfide) groups is 1. The zero-order chi connectivity index (χ0) is 21.0. The molecule has 156 valence electrons. The Morgan fingerprint density at radius 1 is 1.31 bits per heavy atom. The summed E-state index contributed by atoms with van der Waals surface area (Å²) in [7, 11) is 0. The van der Waals surface area contributed by atoms with E-state index >= 15 is 0 Å². The van der Waals surface area contributed by atoms with Crippen LogP contribution in [-0.2, 0) is 16.1 Å². The van der Waals surface area contributed by atoms with Crippen LogP contribution < -0.4 is 4.80 Å². The molecule has 1 aromatic carbocycles. The molecule has 0 aliphatic carbocycles. The molecule has 29 heavy (non-hydrogen) atoms. The third-order valence-corrected chi connectivity index (χ3v) is 6.79. The van der Waals surface area contributed by atoms with Crippen molar-refractivity contribution in [2.24, 2.45) is 16.8 Å². The summed E-state index contributed by atoms with van der Waals surface area (Å²) in [5.74, 6) is 0.919. The van der Waals surface area contributed by atoms with E-state index in [2.05, 4.69) is 25.4 Å². The first-order valence-electron chi connectivity index (χ1n) is 9.70. The van der Waals surface area contributed by atoms with E-state index in [1.165, 1.54) is 35.2 Å². The molecular formula is C21H26FN3O2S2. The van der Waals surface area contributed by atoms with Crippen molar-refractivity contribution in [1.82, 2.24) is 9.47 Å². The summed E-state index contributed by atoms with van der Waals surface area (Å²) in [6.45, 7) is 10.1. The molecule has 2 atom stereocenters. The fourth-order valence-electron chi connectivity index (χ4n) is 3.76. The van der Waals surface area contributed by atoms with Crippen LogP contribution in [0.4, 0.5) is 4.39 Å². The lowest BCUT2D eigenvalue weighted by atomic mass is 9.92. The lowest BCUT2D eigenvalue weighted by Gasteiger charge is -2.35. The van der Waals surface area contributed by atoms with Crippen molar-refractivity contribution in [2.75, 3.05) is 24.6 Å². The fourth-order valence-corrected chi connectivity index (χ4v) is 5.54. The van der Waals surface area contributed by atoms with E-state index in [1.807, 2.05) is 9.47 Å². The highest BCUT2D eigenvalue weighted by Crippen LogP contribution is 2.22. The highest BCUT2D eigenvalue weighted by Gasteiger charge is 2.25. The maximum atomic E-state index is 13.5. The number of likely N-dealkylation sites (tertiary alicyclic amines) is 1. The molecule has 0 bridgehead atoms. The average Bonchev–Trinajstić information content (AvgIpc) is 2.97. The van der Waals surface area contributed by atoms with Gasteiger partial charge in [-0.05, 0) is 36.5 Å². The van der Waals surface area contributed by atoms with Gasteiger partial charge in [0.1, 0.15) is 5.82 Å². The largest absolute Gasteiger partial charge is 0.341 e. The normalized spacial score (nSPS) is 20.2. The third kappa shape index (κ3) is 5.57. The first-order valence-corrected chi connectivity index (χ1v) is 11.7. The van der Waals surface area contributed by atoms with Crippen LogP contribution in [0.5, 0.6) is 0 Å². The van der Waals surface area contributed by atoms with Crippen molar-refractivity contribution in [1.29, 1.82) is 0 Å². The van der Waals surface area contributed by atoms with Crippen LogP contribution in [0.2, 0.25) is 0 Å². The zero-order valence-corrected chi connectivity index (χ0v) is 18.4. The Morgan fingerprint density at radius 3 is 2.72 bits per heavy atom. The number of carbonyl (C=O) groups is 2. The van der Waals surface area contributed by atoms with E-state index in [9.17, 15) is 14.0 Å². The lowest BCUT2D eigenvalue weighted by Crippen LogP contribution is -2.43. The number of benzene rings is 1. The van der Waals surface area contributed by atoms with Gasteiger partial charge in [-0.25, -0.2) is 4.39 Å². The predicted molar refractivity (Wildman–Crippen MR) is 117 cm³/mol. The van der Waals surface area contributed by atoms with Crippen molar-refractivity contribution in [3.63, 3.8) is 0 Å². The second kappa shape index (κ2) is 9.71. The van der Waals surface area contributed by atoms with Gasteiger partial charge in [-0.3, -0.25) is 9.59 Å². The van der Waals surface area contributed by atoms with Crippen molar-refractivity contribution in [3.8, 4) is 0 Å². The quantitative estimate of drug-likeness (QED) is 0.650. The maximum Gasteiger partial charge on any atom is 0.258 e. The van der Waals surface area contributed by atoms with Gasteiger partial charge >= 0.3 is 0 Å². The summed E-state index contributed by atoms with van der Waals surface area (Å²) >= 11 is 2.57. The van der Waals surface area contributed by atoms with E-state index in [0.717, 1.165) is 29.7 Å². The Kier molecular flexibility index (Phi) is 7.29. The summed E-state index contributed by atoms with van der Waals surface area (Å²) in [5, 5.41) is 0. The Balaban J connectivity index is 1.64. The molecule has 0 radical (unpaired) electrons. The number of aromatic nitrogens is 1. The predicted octanol–water partition coefficient (Wildman–Crippen LogP) is 3.69. The molecule has 2 unspecified atom stereocenters. The molecule has 2 heterocycles. The highest BCUT2D eigenvalue weighted by atomic mass is 32.2. The molecule has 1 fully saturated rings. The number of hydrogen-bond acceptors (Lipinski definition) is 4. The number of nitrogens with zero attached hydrogens (tertiary/aromatic N) is 3. The number of halogens is 1. The topological polar surface area (TPSA) is 54.7 Å². The van der Waals surface area contributed by atoms with E-state index in [0.29, 0.717) is 23.2 Å². The van der Waals surface area contributed by atoms with Gasteiger partial charge in [0.05, 0.1) is 21.7 Å². The van der Waals surface area contributed by atoms with Gasteiger partial charge in [-0.15, -0.1) is 18.3 Å². The smallest absolute Gasteiger partial charge is 0.258 e. The molecule has 2 amide bonds. The van der Waals surface area contributed by atoms with Gasteiger partial charge in [-0.1, -0.05) is 31.3 Å². The van der Waals surface area contributed by atoms with E-state index in [4.69, 9.17) is 0 Å². The number of hydrogen-bond donors (Lipinski definition) is 0. The number of carbonyl (C=O) groups excluding carboxylic acids is 2. The van der Waals surface area contributed by atoms with Gasteiger partial charge < -0.3 is 9.47 Å². The minimum Gasteiger partial charge on any atom is -0.341 e. The zero-order valence-electron chi connectivity index (χ0n) is 16.8. The molecule has 0 saturated carbocycles. The Hall–Kier alpha value is -1.93. The van der Waals surface area contributed by atoms with Gasteiger partial charge in [0.15, 0.2) is 4.80 Å². The molecule has 3 rings (SSSR count). The van der Waals surface area contributed by atoms with Crippen molar-refractivity contribution >= 4 is 45.1 Å². The first-order chi connectivity index (χ1) is 13.9. The van der Waals surface area contributed by atoms with Gasteiger partial charge in [0.2, 0.25) is 5.91 Å². The minimum absolute atomic E-state index is 0.0836. The molecule has 1 aliphatic rings. The lowest BCUT2D eigenvalue weighted by molar-refractivity contribution is -0.130. The second-order valence-corrected chi connectivity index (χ2v) is 9.63. The summed E-state index contributed by atoms with van der Waals surface area (Å²) in [5.41, 5.74) is 0.819. The summed E-state index contributed by atoms with van der Waals surface area (Å²) < 4.78 is 16.1. The Bertz CT molecular complexity index is 972. The molecule has 8 heteroatoms. The monoisotopic (exact) mass is 435 g/mol. The van der Waals surface area contributed by atoms with Crippen LogP contribution in [0.15, 0.2) is 35.8 Å². The van der Waals surface area contributed by atoms with Crippen LogP contribution >= 0.6 is 23.1 Å². The van der Waals surface area contributed by atoms with Crippen molar-refractivity contribution in [3.05, 3.63) is 41.5 Å². The number of piperidine rings is 1. The molecule has 0 spiro atoms. The van der Waals surface area contributed by atoms with Gasteiger partial charge in [-0.2, -0.15) is 4.99 Å². The summed E-state index contributed by atoms with van der Waals surface area (Å²) in [4.78, 5) is 31.4. The molecule has 1 saturated heterocycles. The SMILES string of the molecule is C=CCn1c(=NC(=O)CSCC(=O)N2CC(C)CC(C)C2)sc2cc(F)ccc21. The van der Waals surface area contributed by atoms with E-state index < -0.39 is 0 Å². The van der Waals surface area contributed by atoms with Crippen LogP contribution in [0, 0.1) is 17.7 Å². The first kappa shape index (κ1) is 21.8. The molecule has 2 aromatic rings. The minimum atomic E-state index is -0.321. The number of rotatable bonds is 6. The number of amides is 2. The van der Waals surface area contributed by atoms with Crippen molar-refractivity contribution < 1.29 is 14.0 Å². The number of fused-ring (bicyclic) bond motifs is 1. The fraction of sp³-hybridized carbons (Fsp3) is 0.476. The van der Waals surface area contributed by atoms with Crippen molar-refractivity contribution in [2.45, 2.75) is 26.8 Å².